The maximum Gasteiger partial charge on any atom is 0.244 e. The normalized spacial score (nSPS) is 11.6. The SMILES string of the molecule is COc1cc(CO)ccc1S(=O)(=O)NCc1scnc1C. The first kappa shape index (κ1) is 15.9. The Kier molecular flexibility index (Phi) is 4.94. The molecular formula is C13H16N2O4S2. The minimum absolute atomic E-state index is 0.0457. The highest BCUT2D eigenvalue weighted by Gasteiger charge is 2.20. The van der Waals surface area contributed by atoms with Crippen molar-refractivity contribution in [1.29, 1.82) is 0 Å². The summed E-state index contributed by atoms with van der Waals surface area (Å²) in [7, 11) is -2.31. The fourth-order valence-corrected chi connectivity index (χ4v) is 3.72. The fraction of sp³-hybridized carbons (Fsp3) is 0.308. The summed E-state index contributed by atoms with van der Waals surface area (Å²) in [5.74, 6) is 0.204. The summed E-state index contributed by atoms with van der Waals surface area (Å²) >= 11 is 1.40. The third kappa shape index (κ3) is 3.59. The predicted molar refractivity (Wildman–Crippen MR) is 79.8 cm³/mol. The molecule has 6 nitrogen and oxygen atoms in total. The predicted octanol–water partition coefficient (Wildman–Crippen LogP) is 1.43. The van der Waals surface area contributed by atoms with Crippen molar-refractivity contribution < 1.29 is 18.3 Å². The van der Waals surface area contributed by atoms with E-state index >= 15 is 0 Å². The van der Waals surface area contributed by atoms with Crippen molar-refractivity contribution in [2.75, 3.05) is 7.11 Å². The Bertz CT molecular complexity index is 726. The molecule has 21 heavy (non-hydrogen) atoms. The molecule has 8 heteroatoms. The lowest BCUT2D eigenvalue weighted by atomic mass is 10.2. The number of aromatic nitrogens is 1. The summed E-state index contributed by atoms with van der Waals surface area (Å²) in [6, 6.07) is 4.48. The maximum absolute atomic E-state index is 12.3. The van der Waals surface area contributed by atoms with Crippen molar-refractivity contribution in [3.8, 4) is 5.75 Å². The van der Waals surface area contributed by atoms with Crippen LogP contribution in [0.2, 0.25) is 0 Å². The van der Waals surface area contributed by atoms with Crippen LogP contribution in [0.25, 0.3) is 0 Å². The van der Waals surface area contributed by atoms with Gasteiger partial charge in [-0.1, -0.05) is 6.07 Å². The number of hydrogen-bond donors (Lipinski definition) is 2. The smallest absolute Gasteiger partial charge is 0.244 e. The van der Waals surface area contributed by atoms with Gasteiger partial charge < -0.3 is 9.84 Å². The van der Waals surface area contributed by atoms with Gasteiger partial charge in [-0.15, -0.1) is 11.3 Å². The van der Waals surface area contributed by atoms with Gasteiger partial charge in [-0.3, -0.25) is 0 Å². The van der Waals surface area contributed by atoms with Crippen LogP contribution in [0.3, 0.4) is 0 Å². The number of aliphatic hydroxyl groups is 1. The Balaban J connectivity index is 2.25. The molecule has 0 amide bonds. The van der Waals surface area contributed by atoms with E-state index in [0.29, 0.717) is 5.56 Å². The third-order valence-corrected chi connectivity index (χ3v) is 5.34. The highest BCUT2D eigenvalue weighted by atomic mass is 32.2. The number of aryl methyl sites for hydroxylation is 1. The molecule has 0 radical (unpaired) electrons. The quantitative estimate of drug-likeness (QED) is 0.837. The average Bonchev–Trinajstić information content (AvgIpc) is 2.89. The van der Waals surface area contributed by atoms with Crippen LogP contribution >= 0.6 is 11.3 Å². The molecular weight excluding hydrogens is 312 g/mol. The van der Waals surface area contributed by atoms with E-state index in [9.17, 15) is 8.42 Å². The first-order valence-corrected chi connectivity index (χ1v) is 8.50. The van der Waals surface area contributed by atoms with Crippen molar-refractivity contribution in [3.63, 3.8) is 0 Å². The van der Waals surface area contributed by atoms with Gasteiger partial charge in [-0.25, -0.2) is 18.1 Å². The van der Waals surface area contributed by atoms with Gasteiger partial charge in [-0.2, -0.15) is 0 Å². The largest absolute Gasteiger partial charge is 0.495 e. The zero-order valence-electron chi connectivity index (χ0n) is 11.7. The second-order valence-corrected chi connectivity index (χ2v) is 7.00. The van der Waals surface area contributed by atoms with Gasteiger partial charge in [0.15, 0.2) is 0 Å². The van der Waals surface area contributed by atoms with Gasteiger partial charge in [0.25, 0.3) is 0 Å². The number of sulfonamides is 1. The molecule has 2 rings (SSSR count). The molecule has 1 aromatic carbocycles. The van der Waals surface area contributed by atoms with E-state index < -0.39 is 10.0 Å². The molecule has 2 aromatic rings. The Morgan fingerprint density at radius 3 is 2.76 bits per heavy atom. The van der Waals surface area contributed by atoms with Gasteiger partial charge in [0.2, 0.25) is 10.0 Å². The maximum atomic E-state index is 12.3. The minimum atomic E-state index is -3.70. The van der Waals surface area contributed by atoms with E-state index in [1.54, 1.807) is 11.6 Å². The fourth-order valence-electron chi connectivity index (χ4n) is 1.77. The lowest BCUT2D eigenvalue weighted by molar-refractivity contribution is 0.280. The van der Waals surface area contributed by atoms with E-state index in [1.807, 2.05) is 6.92 Å². The molecule has 1 heterocycles. The van der Waals surface area contributed by atoms with Crippen molar-refractivity contribution >= 4 is 21.4 Å². The zero-order valence-corrected chi connectivity index (χ0v) is 13.3. The molecule has 0 saturated carbocycles. The number of nitrogens with one attached hydrogen (secondary N) is 1. The number of nitrogens with zero attached hydrogens (tertiary/aromatic N) is 1. The van der Waals surface area contributed by atoms with Gasteiger partial charge in [0.1, 0.15) is 10.6 Å². The number of aliphatic hydroxyl groups excluding tert-OH is 1. The van der Waals surface area contributed by atoms with Crippen LogP contribution in [0.15, 0.2) is 28.6 Å². The molecule has 0 spiro atoms. The minimum Gasteiger partial charge on any atom is -0.495 e. The molecule has 0 atom stereocenters. The van der Waals surface area contributed by atoms with Gasteiger partial charge >= 0.3 is 0 Å². The third-order valence-electron chi connectivity index (χ3n) is 2.97. The van der Waals surface area contributed by atoms with Gasteiger partial charge in [-0.05, 0) is 24.6 Å². The molecule has 0 fully saturated rings. The Labute approximate surface area is 127 Å². The van der Waals surface area contributed by atoms with Crippen molar-refractivity contribution in [3.05, 3.63) is 39.8 Å². The van der Waals surface area contributed by atoms with E-state index in [1.165, 1.54) is 30.6 Å². The van der Waals surface area contributed by atoms with E-state index in [-0.39, 0.29) is 23.8 Å². The van der Waals surface area contributed by atoms with Crippen LogP contribution < -0.4 is 9.46 Å². The van der Waals surface area contributed by atoms with E-state index in [4.69, 9.17) is 9.84 Å². The van der Waals surface area contributed by atoms with Crippen molar-refractivity contribution in [1.82, 2.24) is 9.71 Å². The first-order chi connectivity index (χ1) is 9.97. The highest BCUT2D eigenvalue weighted by Crippen LogP contribution is 2.25. The molecule has 0 bridgehead atoms. The second-order valence-electron chi connectivity index (χ2n) is 4.33. The lowest BCUT2D eigenvalue weighted by Gasteiger charge is -2.11. The van der Waals surface area contributed by atoms with Crippen LogP contribution in [-0.4, -0.2) is 25.6 Å². The van der Waals surface area contributed by atoms with Crippen LogP contribution in [0.4, 0.5) is 0 Å². The van der Waals surface area contributed by atoms with E-state index in [0.717, 1.165) is 10.6 Å². The Morgan fingerprint density at radius 1 is 1.43 bits per heavy atom. The Hall–Kier alpha value is -1.48. The van der Waals surface area contributed by atoms with E-state index in [2.05, 4.69) is 9.71 Å². The molecule has 0 unspecified atom stereocenters. The average molecular weight is 328 g/mol. The van der Waals surface area contributed by atoms with Crippen molar-refractivity contribution in [2.45, 2.75) is 25.0 Å². The zero-order chi connectivity index (χ0) is 15.5. The molecule has 0 aliphatic carbocycles. The molecule has 0 saturated heterocycles. The summed E-state index contributed by atoms with van der Waals surface area (Å²) in [5.41, 5.74) is 3.07. The number of rotatable bonds is 6. The van der Waals surface area contributed by atoms with Crippen LogP contribution in [0, 0.1) is 6.92 Å². The highest BCUT2D eigenvalue weighted by molar-refractivity contribution is 7.89. The van der Waals surface area contributed by atoms with Gasteiger partial charge in [0, 0.05) is 11.4 Å². The van der Waals surface area contributed by atoms with Crippen LogP contribution in [-0.2, 0) is 23.2 Å². The molecule has 0 aliphatic heterocycles. The number of methoxy groups -OCH3 is 1. The summed E-state index contributed by atoms with van der Waals surface area (Å²) < 4.78 is 32.3. The van der Waals surface area contributed by atoms with Crippen molar-refractivity contribution in [2.24, 2.45) is 0 Å². The molecule has 114 valence electrons. The molecule has 2 N–H and O–H groups in total. The molecule has 0 aliphatic rings. The topological polar surface area (TPSA) is 88.5 Å². The van der Waals surface area contributed by atoms with Gasteiger partial charge in [0.05, 0.1) is 24.9 Å². The summed E-state index contributed by atoms with van der Waals surface area (Å²) in [4.78, 5) is 4.99. The number of hydrogen-bond acceptors (Lipinski definition) is 6. The number of benzene rings is 1. The summed E-state index contributed by atoms with van der Waals surface area (Å²) in [5, 5.41) is 9.08. The standard InChI is InChI=1S/C13H16N2O4S2/c1-9-12(20-8-14-9)6-15-21(17,18)13-4-3-10(7-16)5-11(13)19-2/h3-5,8,15-16H,6-7H2,1-2H3. The monoisotopic (exact) mass is 328 g/mol. The Morgan fingerprint density at radius 2 is 2.19 bits per heavy atom. The number of ether oxygens (including phenoxy) is 1. The second kappa shape index (κ2) is 6.52. The molecule has 1 aromatic heterocycles. The summed E-state index contributed by atoms with van der Waals surface area (Å²) in [6.45, 7) is 1.84. The lowest BCUT2D eigenvalue weighted by Crippen LogP contribution is -2.23. The van der Waals surface area contributed by atoms with Crippen LogP contribution in [0.5, 0.6) is 5.75 Å². The van der Waals surface area contributed by atoms with Crippen LogP contribution in [0.1, 0.15) is 16.1 Å². The number of thiazole rings is 1. The first-order valence-electron chi connectivity index (χ1n) is 6.14. The summed E-state index contributed by atoms with van der Waals surface area (Å²) in [6.07, 6.45) is 0.